The molecule has 4 nitrogen and oxygen atoms in total. The smallest absolute Gasteiger partial charge is 0.129 e. The fourth-order valence-corrected chi connectivity index (χ4v) is 2.54. The largest absolute Gasteiger partial charge is 0.397 e. The molecule has 0 radical (unpaired) electrons. The summed E-state index contributed by atoms with van der Waals surface area (Å²) < 4.78 is 0. The Kier molecular flexibility index (Phi) is 3.84. The quantitative estimate of drug-likeness (QED) is 0.835. The number of nitrogens with two attached hydrogens (primary N) is 1. The Balaban J connectivity index is 1.93. The Labute approximate surface area is 103 Å². The molecule has 3 N–H and O–H groups in total. The molecule has 1 saturated heterocycles. The summed E-state index contributed by atoms with van der Waals surface area (Å²) >= 11 is 0. The molecule has 2 rings (SSSR count). The molecular weight excluding hydrogens is 212 g/mol. The van der Waals surface area contributed by atoms with E-state index in [4.69, 9.17) is 5.73 Å². The maximum Gasteiger partial charge on any atom is 0.129 e. The predicted octanol–water partition coefficient (Wildman–Crippen LogP) is 1.87. The molecule has 1 aromatic heterocycles. The summed E-state index contributed by atoms with van der Waals surface area (Å²) in [4.78, 5) is 6.86. The lowest BCUT2D eigenvalue weighted by Crippen LogP contribution is -2.34. The second-order valence-electron chi connectivity index (χ2n) is 4.74. The van der Waals surface area contributed by atoms with Crippen LogP contribution in [0.5, 0.6) is 0 Å². The molecule has 17 heavy (non-hydrogen) atoms. The van der Waals surface area contributed by atoms with Crippen LogP contribution >= 0.6 is 0 Å². The predicted molar refractivity (Wildman–Crippen MR) is 72.1 cm³/mol. The van der Waals surface area contributed by atoms with Crippen molar-refractivity contribution >= 4 is 11.5 Å². The van der Waals surface area contributed by atoms with Gasteiger partial charge in [0.2, 0.25) is 0 Å². The molecule has 1 unspecified atom stereocenters. The number of rotatable bonds is 4. The number of aryl methyl sites for hydroxylation is 1. The van der Waals surface area contributed by atoms with Crippen LogP contribution in [0.4, 0.5) is 11.5 Å². The zero-order valence-corrected chi connectivity index (χ0v) is 10.7. The van der Waals surface area contributed by atoms with E-state index in [0.717, 1.165) is 30.2 Å². The van der Waals surface area contributed by atoms with Gasteiger partial charge in [-0.05, 0) is 44.5 Å². The molecule has 0 saturated carbocycles. The molecule has 0 aliphatic carbocycles. The number of nitrogens with one attached hydrogen (secondary N) is 1. The highest BCUT2D eigenvalue weighted by Crippen LogP contribution is 2.19. The standard InChI is InChI=1S/C13H22N4/c1-3-17-6-4-5-12(17)9-16-13-10(2)7-11(14)8-15-13/h7-8,12H,3-6,9,14H2,1-2H3,(H,15,16). The molecule has 1 atom stereocenters. The second-order valence-corrected chi connectivity index (χ2v) is 4.74. The fourth-order valence-electron chi connectivity index (χ4n) is 2.54. The minimum absolute atomic E-state index is 0.652. The summed E-state index contributed by atoms with van der Waals surface area (Å²) in [6, 6.07) is 2.61. The van der Waals surface area contributed by atoms with E-state index in [2.05, 4.69) is 22.1 Å². The topological polar surface area (TPSA) is 54.2 Å². The number of nitrogen functional groups attached to an aromatic ring is 1. The molecule has 1 aliphatic rings. The van der Waals surface area contributed by atoms with Crippen LogP contribution in [-0.2, 0) is 0 Å². The highest BCUT2D eigenvalue weighted by Gasteiger charge is 2.22. The van der Waals surface area contributed by atoms with Gasteiger partial charge in [0.15, 0.2) is 0 Å². The average molecular weight is 234 g/mol. The molecule has 0 spiro atoms. The molecule has 0 bridgehead atoms. The van der Waals surface area contributed by atoms with E-state index in [1.54, 1.807) is 6.20 Å². The third kappa shape index (κ3) is 2.88. The SMILES string of the molecule is CCN1CCCC1CNc1ncc(N)cc1C. The molecule has 1 aromatic rings. The minimum Gasteiger partial charge on any atom is -0.397 e. The summed E-state index contributed by atoms with van der Waals surface area (Å²) in [7, 11) is 0. The van der Waals surface area contributed by atoms with Crippen LogP contribution in [-0.4, -0.2) is 35.6 Å². The van der Waals surface area contributed by atoms with Crippen LogP contribution in [0.1, 0.15) is 25.3 Å². The Morgan fingerprint density at radius 2 is 2.41 bits per heavy atom. The third-order valence-corrected chi connectivity index (χ3v) is 3.51. The first-order chi connectivity index (χ1) is 8.20. The van der Waals surface area contributed by atoms with Crippen molar-refractivity contribution in [2.75, 3.05) is 30.7 Å². The van der Waals surface area contributed by atoms with Crippen LogP contribution in [0.2, 0.25) is 0 Å². The number of aromatic nitrogens is 1. The fraction of sp³-hybridized carbons (Fsp3) is 0.615. The van der Waals surface area contributed by atoms with Crippen molar-refractivity contribution < 1.29 is 0 Å². The van der Waals surface area contributed by atoms with Gasteiger partial charge in [0.25, 0.3) is 0 Å². The van der Waals surface area contributed by atoms with E-state index in [0.29, 0.717) is 6.04 Å². The maximum atomic E-state index is 5.69. The lowest BCUT2D eigenvalue weighted by atomic mass is 10.2. The van der Waals surface area contributed by atoms with Crippen molar-refractivity contribution in [3.05, 3.63) is 17.8 Å². The first-order valence-electron chi connectivity index (χ1n) is 6.40. The van der Waals surface area contributed by atoms with E-state index < -0.39 is 0 Å². The first-order valence-corrected chi connectivity index (χ1v) is 6.40. The number of nitrogens with zero attached hydrogens (tertiary/aromatic N) is 2. The number of likely N-dealkylation sites (tertiary alicyclic amines) is 1. The van der Waals surface area contributed by atoms with E-state index >= 15 is 0 Å². The zero-order valence-electron chi connectivity index (χ0n) is 10.7. The number of anilines is 2. The number of hydrogen-bond donors (Lipinski definition) is 2. The van der Waals surface area contributed by atoms with Gasteiger partial charge in [-0.2, -0.15) is 0 Å². The monoisotopic (exact) mass is 234 g/mol. The van der Waals surface area contributed by atoms with E-state index in [1.165, 1.54) is 19.4 Å². The van der Waals surface area contributed by atoms with Crippen molar-refractivity contribution in [2.45, 2.75) is 32.7 Å². The van der Waals surface area contributed by atoms with Crippen LogP contribution in [0, 0.1) is 6.92 Å². The summed E-state index contributed by atoms with van der Waals surface area (Å²) in [6.07, 6.45) is 4.31. The van der Waals surface area contributed by atoms with Gasteiger partial charge >= 0.3 is 0 Å². The van der Waals surface area contributed by atoms with Gasteiger partial charge in [0, 0.05) is 12.6 Å². The lowest BCUT2D eigenvalue weighted by Gasteiger charge is -2.23. The summed E-state index contributed by atoms with van der Waals surface area (Å²) in [5, 5.41) is 3.44. The Hall–Kier alpha value is -1.29. The number of likely N-dealkylation sites (N-methyl/N-ethyl adjacent to an activating group) is 1. The third-order valence-electron chi connectivity index (χ3n) is 3.51. The van der Waals surface area contributed by atoms with Crippen LogP contribution < -0.4 is 11.1 Å². The molecule has 0 amide bonds. The van der Waals surface area contributed by atoms with Crippen LogP contribution in [0.25, 0.3) is 0 Å². The summed E-state index contributed by atoms with van der Waals surface area (Å²) in [6.45, 7) is 7.62. The Bertz CT molecular complexity index is 378. The Morgan fingerprint density at radius 1 is 1.59 bits per heavy atom. The lowest BCUT2D eigenvalue weighted by molar-refractivity contribution is 0.277. The molecular formula is C13H22N4. The minimum atomic E-state index is 0.652. The van der Waals surface area contributed by atoms with Crippen molar-refractivity contribution in [3.8, 4) is 0 Å². The van der Waals surface area contributed by atoms with E-state index in [-0.39, 0.29) is 0 Å². The summed E-state index contributed by atoms with van der Waals surface area (Å²) in [5.41, 5.74) is 7.53. The van der Waals surface area contributed by atoms with Gasteiger partial charge in [-0.1, -0.05) is 6.92 Å². The van der Waals surface area contributed by atoms with Gasteiger partial charge in [-0.15, -0.1) is 0 Å². The highest BCUT2D eigenvalue weighted by molar-refractivity contribution is 5.50. The van der Waals surface area contributed by atoms with Gasteiger partial charge in [-0.3, -0.25) is 4.90 Å². The van der Waals surface area contributed by atoms with Gasteiger partial charge in [-0.25, -0.2) is 4.98 Å². The molecule has 4 heteroatoms. The van der Waals surface area contributed by atoms with Crippen molar-refractivity contribution in [1.82, 2.24) is 9.88 Å². The van der Waals surface area contributed by atoms with E-state index in [1.807, 2.05) is 13.0 Å². The van der Waals surface area contributed by atoms with Crippen molar-refractivity contribution in [1.29, 1.82) is 0 Å². The van der Waals surface area contributed by atoms with Crippen LogP contribution in [0.15, 0.2) is 12.3 Å². The first kappa shape index (κ1) is 12.2. The normalized spacial score (nSPS) is 20.7. The van der Waals surface area contributed by atoms with Gasteiger partial charge in [0.1, 0.15) is 5.82 Å². The number of hydrogen-bond acceptors (Lipinski definition) is 4. The second kappa shape index (κ2) is 5.36. The maximum absolute atomic E-state index is 5.69. The zero-order chi connectivity index (χ0) is 12.3. The molecule has 1 fully saturated rings. The summed E-state index contributed by atoms with van der Waals surface area (Å²) in [5.74, 6) is 0.960. The Morgan fingerprint density at radius 3 is 3.12 bits per heavy atom. The number of pyridine rings is 1. The van der Waals surface area contributed by atoms with Gasteiger partial charge < -0.3 is 11.1 Å². The van der Waals surface area contributed by atoms with Gasteiger partial charge in [0.05, 0.1) is 11.9 Å². The molecule has 94 valence electrons. The van der Waals surface area contributed by atoms with Crippen LogP contribution in [0.3, 0.4) is 0 Å². The average Bonchev–Trinajstić information content (AvgIpc) is 2.75. The molecule has 2 heterocycles. The van der Waals surface area contributed by atoms with E-state index in [9.17, 15) is 0 Å². The van der Waals surface area contributed by atoms with Crippen molar-refractivity contribution in [3.63, 3.8) is 0 Å². The molecule has 0 aromatic carbocycles. The van der Waals surface area contributed by atoms with Crippen molar-refractivity contribution in [2.24, 2.45) is 0 Å². The molecule has 1 aliphatic heterocycles. The highest BCUT2D eigenvalue weighted by atomic mass is 15.2.